The predicted octanol–water partition coefficient (Wildman–Crippen LogP) is 0.0234. The lowest BCUT2D eigenvalue weighted by Crippen LogP contribution is -2.27. The molecule has 0 bridgehead atoms. The topological polar surface area (TPSA) is 86.7 Å². The van der Waals surface area contributed by atoms with Gasteiger partial charge >= 0.3 is 0 Å². The van der Waals surface area contributed by atoms with Gasteiger partial charge in [0.15, 0.2) is 11.6 Å². The Bertz CT molecular complexity index is 359. The van der Waals surface area contributed by atoms with E-state index in [9.17, 15) is 19.0 Å². The Morgan fingerprint density at radius 2 is 1.73 bits per heavy atom. The molecule has 0 heterocycles. The van der Waals surface area contributed by atoms with E-state index in [2.05, 4.69) is 0 Å². The molecule has 0 saturated heterocycles. The molecule has 4 nitrogen and oxygen atoms in total. The van der Waals surface area contributed by atoms with E-state index in [1.165, 1.54) is 0 Å². The Labute approximate surface area is 84.6 Å². The lowest BCUT2D eigenvalue weighted by atomic mass is 10.0. The maximum Gasteiger partial charge on any atom is 0.162 e. The molecular weight excluding hydrogens is 208 g/mol. The minimum Gasteiger partial charge on any atom is -0.507 e. The molecule has 0 radical (unpaired) electrons. The number of phenols is 1. The molecule has 0 spiro atoms. The number of hydrogen-bond donors (Lipinski definition) is 4. The Hall–Kier alpha value is -1.24. The summed E-state index contributed by atoms with van der Waals surface area (Å²) >= 11 is 0. The first kappa shape index (κ1) is 11.8. The summed E-state index contributed by atoms with van der Waals surface area (Å²) in [6.45, 7) is -0.264. The van der Waals surface area contributed by atoms with Crippen LogP contribution in [0.5, 0.6) is 5.75 Å². The van der Waals surface area contributed by atoms with E-state index < -0.39 is 29.6 Å². The van der Waals surface area contributed by atoms with E-state index in [1.807, 2.05) is 0 Å². The molecule has 84 valence electrons. The first-order valence-corrected chi connectivity index (χ1v) is 4.21. The molecule has 0 aliphatic carbocycles. The van der Waals surface area contributed by atoms with Gasteiger partial charge in [-0.05, 0) is 6.07 Å². The Kier molecular flexibility index (Phi) is 3.57. The Morgan fingerprint density at radius 1 is 1.20 bits per heavy atom. The van der Waals surface area contributed by atoms with Crippen LogP contribution in [0.15, 0.2) is 12.1 Å². The van der Waals surface area contributed by atoms with Gasteiger partial charge in [0.1, 0.15) is 11.9 Å². The van der Waals surface area contributed by atoms with Crippen molar-refractivity contribution in [3.63, 3.8) is 0 Å². The number of benzene rings is 1. The van der Waals surface area contributed by atoms with Crippen LogP contribution >= 0.6 is 0 Å². The summed E-state index contributed by atoms with van der Waals surface area (Å²) in [5.41, 5.74) is 4.77. The molecule has 5 N–H and O–H groups in total. The normalized spacial score (nSPS) is 15.0. The number of hydrogen-bond acceptors (Lipinski definition) is 4. The van der Waals surface area contributed by atoms with Gasteiger partial charge in [0.2, 0.25) is 0 Å². The zero-order chi connectivity index (χ0) is 11.6. The number of rotatable bonds is 3. The fourth-order valence-corrected chi connectivity index (χ4v) is 1.12. The second-order valence-corrected chi connectivity index (χ2v) is 3.07. The van der Waals surface area contributed by atoms with E-state index in [4.69, 9.17) is 10.8 Å². The average molecular weight is 219 g/mol. The molecule has 2 atom stereocenters. The van der Waals surface area contributed by atoms with Gasteiger partial charge in [0.25, 0.3) is 0 Å². The van der Waals surface area contributed by atoms with Crippen molar-refractivity contribution in [2.24, 2.45) is 5.73 Å². The zero-order valence-electron chi connectivity index (χ0n) is 7.69. The second kappa shape index (κ2) is 4.52. The lowest BCUT2D eigenvalue weighted by Gasteiger charge is -2.17. The van der Waals surface area contributed by atoms with Gasteiger partial charge in [-0.3, -0.25) is 0 Å². The van der Waals surface area contributed by atoms with Crippen LogP contribution in [0.3, 0.4) is 0 Å². The molecule has 0 aliphatic heterocycles. The van der Waals surface area contributed by atoms with Crippen LogP contribution in [0.4, 0.5) is 8.78 Å². The van der Waals surface area contributed by atoms with Gasteiger partial charge < -0.3 is 21.1 Å². The second-order valence-electron chi connectivity index (χ2n) is 3.07. The molecule has 2 unspecified atom stereocenters. The zero-order valence-corrected chi connectivity index (χ0v) is 7.69. The number of halogens is 2. The smallest absolute Gasteiger partial charge is 0.162 e. The third kappa shape index (κ3) is 2.41. The van der Waals surface area contributed by atoms with Crippen LogP contribution in [-0.2, 0) is 0 Å². The minimum atomic E-state index is -1.55. The monoisotopic (exact) mass is 219 g/mol. The summed E-state index contributed by atoms with van der Waals surface area (Å²) in [4.78, 5) is 0. The van der Waals surface area contributed by atoms with Crippen molar-refractivity contribution in [3.8, 4) is 5.75 Å². The summed E-state index contributed by atoms with van der Waals surface area (Å²) in [7, 11) is 0. The number of phenolic OH excluding ortho intramolecular Hbond substituents is 1. The van der Waals surface area contributed by atoms with E-state index >= 15 is 0 Å². The molecule has 0 aliphatic rings. The Balaban J connectivity index is 3.09. The van der Waals surface area contributed by atoms with Gasteiger partial charge in [0.05, 0.1) is 6.10 Å². The molecule has 0 aromatic heterocycles. The molecule has 1 aromatic carbocycles. The highest BCUT2D eigenvalue weighted by Gasteiger charge is 2.22. The fraction of sp³-hybridized carbons (Fsp3) is 0.333. The quantitative estimate of drug-likeness (QED) is 0.577. The SMILES string of the molecule is NCC(O)C(O)c1cc(F)c(F)cc1O. The summed E-state index contributed by atoms with van der Waals surface area (Å²) in [6.07, 6.45) is -2.90. The van der Waals surface area contributed by atoms with Gasteiger partial charge in [-0.15, -0.1) is 0 Å². The highest BCUT2D eigenvalue weighted by atomic mass is 19.2. The molecule has 0 fully saturated rings. The van der Waals surface area contributed by atoms with Crippen LogP contribution in [0.25, 0.3) is 0 Å². The largest absolute Gasteiger partial charge is 0.507 e. The molecule has 1 rings (SSSR count). The van der Waals surface area contributed by atoms with Crippen molar-refractivity contribution in [3.05, 3.63) is 29.3 Å². The van der Waals surface area contributed by atoms with Crippen molar-refractivity contribution in [2.75, 3.05) is 6.54 Å². The molecule has 6 heteroatoms. The first-order chi connectivity index (χ1) is 6.97. The molecular formula is C9H11F2NO3. The van der Waals surface area contributed by atoms with Crippen LogP contribution < -0.4 is 5.73 Å². The van der Waals surface area contributed by atoms with Gasteiger partial charge in [-0.2, -0.15) is 0 Å². The molecule has 0 amide bonds. The van der Waals surface area contributed by atoms with Gasteiger partial charge in [-0.1, -0.05) is 0 Å². The molecule has 1 aromatic rings. The minimum absolute atomic E-state index is 0.264. The maximum absolute atomic E-state index is 12.8. The third-order valence-corrected chi connectivity index (χ3v) is 1.99. The van der Waals surface area contributed by atoms with Crippen LogP contribution in [-0.4, -0.2) is 28.0 Å². The highest BCUT2D eigenvalue weighted by molar-refractivity contribution is 5.35. The van der Waals surface area contributed by atoms with E-state index in [0.717, 1.165) is 0 Å². The Morgan fingerprint density at radius 3 is 2.27 bits per heavy atom. The van der Waals surface area contributed by atoms with Crippen LogP contribution in [0.2, 0.25) is 0 Å². The summed E-state index contributed by atoms with van der Waals surface area (Å²) < 4.78 is 25.4. The van der Waals surface area contributed by atoms with Crippen LogP contribution in [0, 0.1) is 11.6 Å². The van der Waals surface area contributed by atoms with Crippen molar-refractivity contribution in [2.45, 2.75) is 12.2 Å². The maximum atomic E-state index is 12.8. The molecule has 0 saturated carbocycles. The third-order valence-electron chi connectivity index (χ3n) is 1.99. The predicted molar refractivity (Wildman–Crippen MR) is 48.0 cm³/mol. The van der Waals surface area contributed by atoms with Crippen molar-refractivity contribution in [1.82, 2.24) is 0 Å². The van der Waals surface area contributed by atoms with Crippen molar-refractivity contribution >= 4 is 0 Å². The number of aliphatic hydroxyl groups excluding tert-OH is 2. The average Bonchev–Trinajstić information content (AvgIpc) is 2.21. The van der Waals surface area contributed by atoms with Crippen LogP contribution in [0.1, 0.15) is 11.7 Å². The summed E-state index contributed by atoms with van der Waals surface area (Å²) in [5.74, 6) is -3.08. The lowest BCUT2D eigenvalue weighted by molar-refractivity contribution is 0.0227. The first-order valence-electron chi connectivity index (χ1n) is 4.21. The van der Waals surface area contributed by atoms with Crippen molar-refractivity contribution < 1.29 is 24.1 Å². The summed E-state index contributed by atoms with van der Waals surface area (Å²) in [5, 5.41) is 27.8. The standard InChI is InChI=1S/C9H11F2NO3/c10-5-1-4(7(13)2-6(5)11)9(15)8(14)3-12/h1-2,8-9,13-15H,3,12H2. The fourth-order valence-electron chi connectivity index (χ4n) is 1.12. The number of aliphatic hydroxyl groups is 2. The van der Waals surface area contributed by atoms with E-state index in [0.29, 0.717) is 12.1 Å². The summed E-state index contributed by atoms with van der Waals surface area (Å²) in [6, 6.07) is 1.14. The van der Waals surface area contributed by atoms with E-state index in [-0.39, 0.29) is 12.1 Å². The van der Waals surface area contributed by atoms with Crippen molar-refractivity contribution in [1.29, 1.82) is 0 Å². The van der Waals surface area contributed by atoms with E-state index in [1.54, 1.807) is 0 Å². The molecule has 15 heavy (non-hydrogen) atoms. The number of nitrogens with two attached hydrogens (primary N) is 1. The van der Waals surface area contributed by atoms with Gasteiger partial charge in [0, 0.05) is 18.2 Å². The number of aromatic hydroxyl groups is 1. The highest BCUT2D eigenvalue weighted by Crippen LogP contribution is 2.28. The van der Waals surface area contributed by atoms with Gasteiger partial charge in [-0.25, -0.2) is 8.78 Å².